The smallest absolute Gasteiger partial charge is 0.157 e. The summed E-state index contributed by atoms with van der Waals surface area (Å²) in [6, 6.07) is 0. The average molecular weight is 354 g/mol. The van der Waals surface area contributed by atoms with Crippen LogP contribution in [0.1, 0.15) is 52.9 Å². The molecule has 1 rings (SSSR count). The summed E-state index contributed by atoms with van der Waals surface area (Å²) in [5.41, 5.74) is 0. The lowest BCUT2D eigenvalue weighted by Crippen LogP contribution is -2.27. The minimum Gasteiger partial charge on any atom is -0.353 e. The topological polar surface area (TPSA) is 18.5 Å². The lowest BCUT2D eigenvalue weighted by atomic mass is 9.94. The number of alkyl halides is 1. The molecule has 1 heterocycles. The zero-order valence-electron chi connectivity index (χ0n) is 11.5. The van der Waals surface area contributed by atoms with Gasteiger partial charge in [0.05, 0.1) is 6.10 Å². The van der Waals surface area contributed by atoms with Crippen LogP contribution in [-0.2, 0) is 9.47 Å². The van der Waals surface area contributed by atoms with Gasteiger partial charge in [-0.15, -0.1) is 0 Å². The van der Waals surface area contributed by atoms with Gasteiger partial charge in [-0.3, -0.25) is 0 Å². The third-order valence-corrected chi connectivity index (χ3v) is 4.83. The summed E-state index contributed by atoms with van der Waals surface area (Å²) in [6.07, 6.45) is 6.37. The Morgan fingerprint density at radius 1 is 1.18 bits per heavy atom. The van der Waals surface area contributed by atoms with E-state index >= 15 is 0 Å². The van der Waals surface area contributed by atoms with E-state index in [1.807, 2.05) is 0 Å². The highest BCUT2D eigenvalue weighted by Crippen LogP contribution is 2.22. The fourth-order valence-corrected chi connectivity index (χ4v) is 2.91. The van der Waals surface area contributed by atoms with Crippen molar-refractivity contribution in [1.29, 1.82) is 0 Å². The molecule has 0 spiro atoms. The summed E-state index contributed by atoms with van der Waals surface area (Å²) in [5.74, 6) is 1.57. The Bertz CT molecular complexity index is 193. The van der Waals surface area contributed by atoms with Crippen LogP contribution in [0.5, 0.6) is 0 Å². The first-order valence-electron chi connectivity index (χ1n) is 6.94. The summed E-state index contributed by atoms with van der Waals surface area (Å²) in [7, 11) is 0. The predicted molar refractivity (Wildman–Crippen MR) is 80.6 cm³/mol. The molecule has 0 radical (unpaired) electrons. The number of hydrogen-bond acceptors (Lipinski definition) is 2. The summed E-state index contributed by atoms with van der Waals surface area (Å²) < 4.78 is 12.8. The van der Waals surface area contributed by atoms with Crippen LogP contribution in [0.15, 0.2) is 0 Å². The molecule has 17 heavy (non-hydrogen) atoms. The lowest BCUT2D eigenvalue weighted by Gasteiger charge is -2.27. The van der Waals surface area contributed by atoms with Gasteiger partial charge in [-0.2, -0.15) is 0 Å². The fraction of sp³-hybridized carbons (Fsp3) is 1.00. The normalized spacial score (nSPS) is 26.5. The quantitative estimate of drug-likeness (QED) is 0.498. The molecular weight excluding hydrogens is 327 g/mol. The maximum atomic E-state index is 5.95. The third kappa shape index (κ3) is 6.97. The van der Waals surface area contributed by atoms with Crippen molar-refractivity contribution in [1.82, 2.24) is 0 Å². The number of halogens is 1. The molecule has 1 saturated heterocycles. The SMILES string of the molecule is C[C@@H](CI)C[C@H](C)C[C@H](C)OC1CCCCO1. The highest BCUT2D eigenvalue weighted by Gasteiger charge is 2.19. The summed E-state index contributed by atoms with van der Waals surface area (Å²) in [4.78, 5) is 0. The van der Waals surface area contributed by atoms with Gasteiger partial charge >= 0.3 is 0 Å². The number of ether oxygens (including phenoxy) is 2. The standard InChI is InChI=1S/C14H27IO2/c1-11(8-12(2)10-15)9-13(3)17-14-6-4-5-7-16-14/h11-14H,4-10H2,1-3H3/t11-,12+,13-,14?/m0/s1. The van der Waals surface area contributed by atoms with Crippen LogP contribution in [0.3, 0.4) is 0 Å². The lowest BCUT2D eigenvalue weighted by molar-refractivity contribution is -0.187. The maximum absolute atomic E-state index is 5.95. The molecule has 1 fully saturated rings. The van der Waals surface area contributed by atoms with Crippen molar-refractivity contribution >= 4 is 22.6 Å². The van der Waals surface area contributed by atoms with E-state index in [9.17, 15) is 0 Å². The molecule has 0 aromatic heterocycles. The third-order valence-electron chi connectivity index (χ3n) is 3.32. The van der Waals surface area contributed by atoms with Crippen LogP contribution in [-0.4, -0.2) is 23.4 Å². The van der Waals surface area contributed by atoms with Gasteiger partial charge in [0.1, 0.15) is 0 Å². The summed E-state index contributed by atoms with van der Waals surface area (Å²) in [6.45, 7) is 7.73. The molecule has 0 amide bonds. The van der Waals surface area contributed by atoms with Crippen LogP contribution in [0.2, 0.25) is 0 Å². The second-order valence-electron chi connectivity index (χ2n) is 5.58. The van der Waals surface area contributed by atoms with Gasteiger partial charge in [-0.05, 0) is 50.9 Å². The Balaban J connectivity index is 2.16. The Morgan fingerprint density at radius 3 is 2.53 bits per heavy atom. The monoisotopic (exact) mass is 354 g/mol. The Hall–Kier alpha value is 0.650. The van der Waals surface area contributed by atoms with Crippen LogP contribution in [0.4, 0.5) is 0 Å². The van der Waals surface area contributed by atoms with E-state index in [1.54, 1.807) is 0 Å². The molecule has 1 aliphatic rings. The average Bonchev–Trinajstić information content (AvgIpc) is 2.29. The van der Waals surface area contributed by atoms with Crippen molar-refractivity contribution in [3.05, 3.63) is 0 Å². The summed E-state index contributed by atoms with van der Waals surface area (Å²) in [5, 5.41) is 0. The van der Waals surface area contributed by atoms with Gasteiger partial charge < -0.3 is 9.47 Å². The van der Waals surface area contributed by atoms with E-state index in [1.165, 1.54) is 23.7 Å². The number of rotatable bonds is 7. The first kappa shape index (κ1) is 15.7. The molecule has 0 saturated carbocycles. The Morgan fingerprint density at radius 2 is 1.94 bits per heavy atom. The molecule has 0 N–H and O–H groups in total. The molecule has 4 atom stereocenters. The second-order valence-corrected chi connectivity index (χ2v) is 6.46. The molecule has 0 aliphatic carbocycles. The second kappa shape index (κ2) is 8.70. The molecule has 1 unspecified atom stereocenters. The fourth-order valence-electron chi connectivity index (χ4n) is 2.55. The van der Waals surface area contributed by atoms with Crippen molar-refractivity contribution in [3.8, 4) is 0 Å². The van der Waals surface area contributed by atoms with Gasteiger partial charge in [-0.25, -0.2) is 0 Å². The van der Waals surface area contributed by atoms with E-state index in [0.29, 0.717) is 6.10 Å². The van der Waals surface area contributed by atoms with Crippen LogP contribution >= 0.6 is 22.6 Å². The van der Waals surface area contributed by atoms with E-state index < -0.39 is 0 Å². The molecular formula is C14H27IO2. The zero-order chi connectivity index (χ0) is 12.7. The van der Waals surface area contributed by atoms with E-state index in [4.69, 9.17) is 9.47 Å². The van der Waals surface area contributed by atoms with E-state index in [0.717, 1.165) is 31.3 Å². The van der Waals surface area contributed by atoms with Crippen molar-refractivity contribution in [3.63, 3.8) is 0 Å². The minimum absolute atomic E-state index is 0.0629. The van der Waals surface area contributed by atoms with Gasteiger partial charge in [0.2, 0.25) is 0 Å². The molecule has 3 heteroatoms. The van der Waals surface area contributed by atoms with Crippen molar-refractivity contribution < 1.29 is 9.47 Å². The highest BCUT2D eigenvalue weighted by molar-refractivity contribution is 14.1. The van der Waals surface area contributed by atoms with Gasteiger partial charge in [-0.1, -0.05) is 36.4 Å². The Labute approximate surface area is 120 Å². The van der Waals surface area contributed by atoms with Crippen molar-refractivity contribution in [2.75, 3.05) is 11.0 Å². The first-order valence-corrected chi connectivity index (χ1v) is 8.47. The molecule has 0 aromatic carbocycles. The predicted octanol–water partition coefficient (Wildman–Crippen LogP) is 4.41. The van der Waals surface area contributed by atoms with Crippen LogP contribution in [0, 0.1) is 11.8 Å². The maximum Gasteiger partial charge on any atom is 0.157 e. The Kier molecular flexibility index (Phi) is 8.04. The van der Waals surface area contributed by atoms with E-state index in [2.05, 4.69) is 43.4 Å². The molecule has 2 nitrogen and oxygen atoms in total. The molecule has 0 aromatic rings. The molecule has 102 valence electrons. The van der Waals surface area contributed by atoms with E-state index in [-0.39, 0.29) is 6.29 Å². The van der Waals surface area contributed by atoms with Gasteiger partial charge in [0, 0.05) is 11.0 Å². The highest BCUT2D eigenvalue weighted by atomic mass is 127. The molecule has 0 bridgehead atoms. The van der Waals surface area contributed by atoms with Crippen LogP contribution < -0.4 is 0 Å². The first-order chi connectivity index (χ1) is 8.11. The van der Waals surface area contributed by atoms with Crippen molar-refractivity contribution in [2.45, 2.75) is 65.3 Å². The van der Waals surface area contributed by atoms with Crippen LogP contribution in [0.25, 0.3) is 0 Å². The largest absolute Gasteiger partial charge is 0.353 e. The summed E-state index contributed by atoms with van der Waals surface area (Å²) >= 11 is 2.47. The molecule has 1 aliphatic heterocycles. The minimum atomic E-state index is 0.0629. The van der Waals surface area contributed by atoms with Gasteiger partial charge in [0.25, 0.3) is 0 Å². The van der Waals surface area contributed by atoms with Gasteiger partial charge in [0.15, 0.2) is 6.29 Å². The van der Waals surface area contributed by atoms with Crippen molar-refractivity contribution in [2.24, 2.45) is 11.8 Å². The zero-order valence-corrected chi connectivity index (χ0v) is 13.6. The number of hydrogen-bond donors (Lipinski definition) is 0.